The van der Waals surface area contributed by atoms with Crippen LogP contribution in [0.25, 0.3) is 11.1 Å². The fourth-order valence-corrected chi connectivity index (χ4v) is 3.17. The number of fused-ring (bicyclic) bond motifs is 1. The quantitative estimate of drug-likeness (QED) is 0.822. The average Bonchev–Trinajstić information content (AvgIpc) is 2.61. The van der Waals surface area contributed by atoms with Gasteiger partial charge in [-0.2, -0.15) is 0 Å². The van der Waals surface area contributed by atoms with Gasteiger partial charge in [0.05, 0.1) is 6.61 Å². The number of nitrogens with one attached hydrogen (secondary N) is 1. The highest BCUT2D eigenvalue weighted by atomic mass is 35.5. The molecule has 2 aromatic carbocycles. The lowest BCUT2D eigenvalue weighted by Crippen LogP contribution is -2.25. The van der Waals surface area contributed by atoms with Gasteiger partial charge in [-0.15, -0.1) is 0 Å². The Bertz CT molecular complexity index is 794. The number of hydrogen-bond donors (Lipinski definition) is 1. The lowest BCUT2D eigenvalue weighted by molar-refractivity contribution is -0.145. The fourth-order valence-electron chi connectivity index (χ4n) is 2.99. The molecular weight excluding hydrogens is 345 g/mol. The Kier molecular flexibility index (Phi) is 5.56. The maximum atomic E-state index is 14.1. The van der Waals surface area contributed by atoms with Crippen molar-refractivity contribution in [2.24, 2.45) is 0 Å². The van der Waals surface area contributed by atoms with Gasteiger partial charge in [0, 0.05) is 17.1 Å². The van der Waals surface area contributed by atoms with E-state index in [0.29, 0.717) is 35.9 Å². The van der Waals surface area contributed by atoms with Gasteiger partial charge in [0.25, 0.3) is 0 Å². The number of rotatable bonds is 5. The van der Waals surface area contributed by atoms with Crippen molar-refractivity contribution in [3.63, 3.8) is 0 Å². The van der Waals surface area contributed by atoms with E-state index in [0.717, 1.165) is 23.2 Å². The lowest BCUT2D eigenvalue weighted by Gasteiger charge is -2.22. The highest BCUT2D eigenvalue weighted by Crippen LogP contribution is 2.37. The first-order valence-corrected chi connectivity index (χ1v) is 8.57. The second-order valence-electron chi connectivity index (χ2n) is 5.71. The third-order valence-corrected chi connectivity index (χ3v) is 4.35. The molecule has 1 aliphatic rings. The molecule has 132 valence electrons. The van der Waals surface area contributed by atoms with Crippen molar-refractivity contribution >= 4 is 17.6 Å². The second-order valence-corrected chi connectivity index (χ2v) is 6.15. The van der Waals surface area contributed by atoms with E-state index >= 15 is 0 Å². The topological polar surface area (TPSA) is 47.6 Å². The fraction of sp³-hybridized carbons (Fsp3) is 0.316. The smallest absolute Gasteiger partial charge is 0.344 e. The summed E-state index contributed by atoms with van der Waals surface area (Å²) in [5.41, 5.74) is 3.20. The van der Waals surface area contributed by atoms with Gasteiger partial charge in [0.2, 0.25) is 0 Å². The Hall–Kier alpha value is -2.11. The van der Waals surface area contributed by atoms with E-state index in [1.54, 1.807) is 31.2 Å². The summed E-state index contributed by atoms with van der Waals surface area (Å²) in [6, 6.07) is 8.37. The largest absolute Gasteiger partial charge is 0.481 e. The molecule has 2 aromatic rings. The maximum absolute atomic E-state index is 14.1. The monoisotopic (exact) mass is 363 g/mol. The van der Waals surface area contributed by atoms with Gasteiger partial charge in [0.1, 0.15) is 11.6 Å². The summed E-state index contributed by atoms with van der Waals surface area (Å²) in [5, 5.41) is 3.81. The third kappa shape index (κ3) is 3.94. The van der Waals surface area contributed by atoms with E-state index in [2.05, 4.69) is 5.32 Å². The van der Waals surface area contributed by atoms with Gasteiger partial charge < -0.3 is 14.8 Å². The first-order valence-electron chi connectivity index (χ1n) is 8.19. The van der Waals surface area contributed by atoms with Crippen molar-refractivity contribution in [2.45, 2.75) is 19.9 Å². The number of hydrogen-bond acceptors (Lipinski definition) is 4. The van der Waals surface area contributed by atoms with Crippen molar-refractivity contribution in [3.05, 3.63) is 52.3 Å². The predicted molar refractivity (Wildman–Crippen MR) is 94.4 cm³/mol. The third-order valence-electron chi connectivity index (χ3n) is 4.11. The van der Waals surface area contributed by atoms with Gasteiger partial charge in [-0.1, -0.05) is 17.7 Å². The molecule has 0 saturated carbocycles. The molecule has 0 atom stereocenters. The van der Waals surface area contributed by atoms with E-state index in [9.17, 15) is 9.18 Å². The van der Waals surface area contributed by atoms with Gasteiger partial charge in [-0.3, -0.25) is 0 Å². The van der Waals surface area contributed by atoms with E-state index in [1.807, 2.05) is 0 Å². The molecule has 0 amide bonds. The Morgan fingerprint density at radius 1 is 1.24 bits per heavy atom. The summed E-state index contributed by atoms with van der Waals surface area (Å²) in [4.78, 5) is 11.6. The maximum Gasteiger partial charge on any atom is 0.344 e. The van der Waals surface area contributed by atoms with Gasteiger partial charge in [-0.25, -0.2) is 9.18 Å². The van der Waals surface area contributed by atoms with E-state index < -0.39 is 5.97 Å². The summed E-state index contributed by atoms with van der Waals surface area (Å²) in [6.45, 7) is 3.17. The second kappa shape index (κ2) is 7.85. The molecule has 0 saturated heterocycles. The van der Waals surface area contributed by atoms with Crippen molar-refractivity contribution in [3.8, 4) is 16.9 Å². The van der Waals surface area contributed by atoms with Crippen LogP contribution in [0.5, 0.6) is 5.75 Å². The predicted octanol–water partition coefficient (Wildman–Crippen LogP) is 3.73. The first-order chi connectivity index (χ1) is 12.1. The molecule has 0 aromatic heterocycles. The van der Waals surface area contributed by atoms with Gasteiger partial charge >= 0.3 is 5.97 Å². The molecule has 1 N–H and O–H groups in total. The molecule has 1 aliphatic heterocycles. The number of carbonyl (C=O) groups excluding carboxylic acids is 1. The minimum Gasteiger partial charge on any atom is -0.481 e. The van der Waals surface area contributed by atoms with Crippen LogP contribution in [0.3, 0.4) is 0 Å². The van der Waals surface area contributed by atoms with Crippen molar-refractivity contribution in [1.82, 2.24) is 5.32 Å². The molecule has 6 heteroatoms. The number of carbonyl (C=O) groups is 1. The molecule has 0 bridgehead atoms. The number of esters is 1. The molecule has 1 heterocycles. The standard InChI is InChI=1S/C19H19ClFNO3/c1-2-24-19(23)11-25-18-6-3-12(20)9-15(18)13-4-5-17(21)14-7-8-22-10-16(13)14/h3-6,9,22H,2,7-8,10-11H2,1H3. The van der Waals surface area contributed by atoms with Crippen LogP contribution in [-0.2, 0) is 22.5 Å². The zero-order chi connectivity index (χ0) is 17.8. The number of ether oxygens (including phenoxy) is 2. The summed E-state index contributed by atoms with van der Waals surface area (Å²) in [6.07, 6.45) is 0.634. The molecule has 4 nitrogen and oxygen atoms in total. The Balaban J connectivity index is 1.99. The normalized spacial score (nSPS) is 13.2. The minimum absolute atomic E-state index is 0.190. The van der Waals surface area contributed by atoms with Crippen LogP contribution >= 0.6 is 11.6 Å². The molecular formula is C19H19ClFNO3. The van der Waals surface area contributed by atoms with Gasteiger partial charge in [0.15, 0.2) is 6.61 Å². The minimum atomic E-state index is -0.439. The van der Waals surface area contributed by atoms with Crippen LogP contribution in [0.1, 0.15) is 18.1 Å². The summed E-state index contributed by atoms with van der Waals surface area (Å²) < 4.78 is 24.7. The van der Waals surface area contributed by atoms with Crippen LogP contribution in [0.15, 0.2) is 30.3 Å². The number of benzene rings is 2. The summed E-state index contributed by atoms with van der Waals surface area (Å²) >= 11 is 6.16. The molecule has 0 radical (unpaired) electrons. The van der Waals surface area contributed by atoms with E-state index in [1.165, 1.54) is 6.07 Å². The van der Waals surface area contributed by atoms with Crippen LogP contribution in [0.2, 0.25) is 5.02 Å². The SMILES string of the molecule is CCOC(=O)COc1ccc(Cl)cc1-c1ccc(F)c2c1CNCC2. The molecule has 0 spiro atoms. The molecule has 3 rings (SSSR count). The number of halogens is 2. The zero-order valence-corrected chi connectivity index (χ0v) is 14.7. The van der Waals surface area contributed by atoms with E-state index in [-0.39, 0.29) is 12.4 Å². The van der Waals surface area contributed by atoms with Crippen LogP contribution in [0.4, 0.5) is 4.39 Å². The summed E-state index contributed by atoms with van der Waals surface area (Å²) in [7, 11) is 0. The lowest BCUT2D eigenvalue weighted by atomic mass is 9.91. The van der Waals surface area contributed by atoms with E-state index in [4.69, 9.17) is 21.1 Å². The van der Waals surface area contributed by atoms with Crippen LogP contribution in [0, 0.1) is 5.82 Å². The van der Waals surface area contributed by atoms with Crippen molar-refractivity contribution in [2.75, 3.05) is 19.8 Å². The first kappa shape index (κ1) is 17.7. The highest BCUT2D eigenvalue weighted by Gasteiger charge is 2.20. The molecule has 0 fully saturated rings. The average molecular weight is 364 g/mol. The Labute approximate surface area is 150 Å². The van der Waals surface area contributed by atoms with Crippen molar-refractivity contribution in [1.29, 1.82) is 0 Å². The van der Waals surface area contributed by atoms with Gasteiger partial charge in [-0.05, 0) is 60.8 Å². The van der Waals surface area contributed by atoms with Crippen LogP contribution in [-0.4, -0.2) is 25.7 Å². The summed E-state index contributed by atoms with van der Waals surface area (Å²) in [5.74, 6) is -0.126. The highest BCUT2D eigenvalue weighted by molar-refractivity contribution is 6.31. The molecule has 25 heavy (non-hydrogen) atoms. The van der Waals surface area contributed by atoms with Crippen molar-refractivity contribution < 1.29 is 18.7 Å². The Morgan fingerprint density at radius 2 is 2.08 bits per heavy atom. The molecule has 0 aliphatic carbocycles. The zero-order valence-electron chi connectivity index (χ0n) is 13.9. The Morgan fingerprint density at radius 3 is 2.88 bits per heavy atom. The van der Waals surface area contributed by atoms with Crippen LogP contribution < -0.4 is 10.1 Å². The molecule has 0 unspecified atom stereocenters.